The van der Waals surface area contributed by atoms with Gasteiger partial charge in [0.1, 0.15) is 12.6 Å². The molecule has 4 aromatic rings. The van der Waals surface area contributed by atoms with Gasteiger partial charge in [0.2, 0.25) is 11.8 Å². The number of amides is 2. The van der Waals surface area contributed by atoms with E-state index in [0.717, 1.165) is 15.4 Å². The van der Waals surface area contributed by atoms with E-state index in [-0.39, 0.29) is 23.8 Å². The number of anilines is 1. The molecule has 0 fully saturated rings. The van der Waals surface area contributed by atoms with Crippen LogP contribution in [0.15, 0.2) is 108 Å². The Morgan fingerprint density at radius 3 is 2.00 bits per heavy atom. The van der Waals surface area contributed by atoms with Gasteiger partial charge in [-0.2, -0.15) is 0 Å². The van der Waals surface area contributed by atoms with Crippen LogP contribution >= 0.6 is 23.2 Å². The fourth-order valence-corrected chi connectivity index (χ4v) is 6.67. The van der Waals surface area contributed by atoms with Crippen LogP contribution in [0.2, 0.25) is 10.0 Å². The highest BCUT2D eigenvalue weighted by atomic mass is 35.5. The molecule has 0 radical (unpaired) electrons. The van der Waals surface area contributed by atoms with Crippen molar-refractivity contribution in [2.45, 2.75) is 44.2 Å². The Kier molecular flexibility index (Phi) is 11.4. The van der Waals surface area contributed by atoms with Gasteiger partial charge in [-0.3, -0.25) is 13.9 Å². The molecule has 0 bridgehead atoms. The number of nitrogens with one attached hydrogen (secondary N) is 1. The third-order valence-electron chi connectivity index (χ3n) is 7.14. The third-order valence-corrected chi connectivity index (χ3v) is 9.64. The van der Waals surface area contributed by atoms with E-state index in [9.17, 15) is 18.0 Å². The topological polar surface area (TPSA) is 86.8 Å². The van der Waals surface area contributed by atoms with Gasteiger partial charge in [-0.15, -0.1) is 0 Å². The van der Waals surface area contributed by atoms with Gasteiger partial charge in [0.15, 0.2) is 0 Å². The summed E-state index contributed by atoms with van der Waals surface area (Å²) in [7, 11) is -4.17. The molecular formula is C34H35Cl2N3O4S. The Hall–Kier alpha value is -3.85. The molecule has 0 unspecified atom stereocenters. The zero-order valence-corrected chi connectivity index (χ0v) is 26.9. The maximum absolute atomic E-state index is 14.4. The third kappa shape index (κ3) is 8.20. The zero-order valence-electron chi connectivity index (χ0n) is 24.6. The second kappa shape index (κ2) is 15.2. The van der Waals surface area contributed by atoms with Crippen LogP contribution in [0.5, 0.6) is 0 Å². The summed E-state index contributed by atoms with van der Waals surface area (Å²) in [6, 6.07) is 28.3. The van der Waals surface area contributed by atoms with Crippen LogP contribution in [0.25, 0.3) is 0 Å². The number of benzene rings is 4. The summed E-state index contributed by atoms with van der Waals surface area (Å²) in [5.41, 5.74) is 2.50. The number of sulfonamides is 1. The average molecular weight is 653 g/mol. The molecule has 0 aliphatic carbocycles. The Morgan fingerprint density at radius 1 is 0.818 bits per heavy atom. The molecule has 4 aromatic carbocycles. The molecular weight excluding hydrogens is 617 g/mol. The monoisotopic (exact) mass is 651 g/mol. The van der Waals surface area contributed by atoms with Crippen LogP contribution in [-0.4, -0.2) is 44.3 Å². The molecule has 44 heavy (non-hydrogen) atoms. The molecule has 0 heterocycles. The Morgan fingerprint density at radius 2 is 1.41 bits per heavy atom. The van der Waals surface area contributed by atoms with E-state index < -0.39 is 28.5 Å². The molecule has 0 saturated carbocycles. The maximum atomic E-state index is 14.4. The van der Waals surface area contributed by atoms with Crippen LogP contribution in [0.1, 0.15) is 30.0 Å². The van der Waals surface area contributed by atoms with Crippen molar-refractivity contribution in [2.24, 2.45) is 0 Å². The smallest absolute Gasteiger partial charge is 0.264 e. The molecule has 2 amide bonds. The second-order valence-corrected chi connectivity index (χ2v) is 13.1. The number of carbonyl (C=O) groups is 2. The van der Waals surface area contributed by atoms with E-state index in [0.29, 0.717) is 34.3 Å². The standard InChI is InChI=1S/C34H35Cl2N3O4S/c1-3-21-37-34(41)32(22-26-11-6-4-7-12-26)38(23-29-30(35)15-10-16-31(29)36)33(40)24-39(27-13-8-5-9-14-27)44(42,43)28-19-17-25(2)18-20-28/h4-20,32H,3,21-24H2,1-2H3,(H,37,41)/t32-/m0/s1. The highest BCUT2D eigenvalue weighted by molar-refractivity contribution is 7.92. The lowest BCUT2D eigenvalue weighted by molar-refractivity contribution is -0.140. The van der Waals surface area contributed by atoms with Gasteiger partial charge >= 0.3 is 0 Å². The van der Waals surface area contributed by atoms with Gasteiger partial charge in [0.05, 0.1) is 10.6 Å². The van der Waals surface area contributed by atoms with Gasteiger partial charge in [-0.05, 0) is 55.3 Å². The van der Waals surface area contributed by atoms with E-state index in [1.54, 1.807) is 60.7 Å². The lowest BCUT2D eigenvalue weighted by atomic mass is 10.0. The number of nitrogens with zero attached hydrogens (tertiary/aromatic N) is 2. The summed E-state index contributed by atoms with van der Waals surface area (Å²) in [6.45, 7) is 3.54. The van der Waals surface area contributed by atoms with Crippen LogP contribution in [0.4, 0.5) is 5.69 Å². The minimum Gasteiger partial charge on any atom is -0.354 e. The van der Waals surface area contributed by atoms with Crippen LogP contribution in [0, 0.1) is 6.92 Å². The highest BCUT2D eigenvalue weighted by Gasteiger charge is 2.35. The Balaban J connectivity index is 1.81. The zero-order chi connectivity index (χ0) is 31.7. The predicted octanol–water partition coefficient (Wildman–Crippen LogP) is 6.66. The van der Waals surface area contributed by atoms with Crippen molar-refractivity contribution in [1.29, 1.82) is 0 Å². The van der Waals surface area contributed by atoms with Gasteiger partial charge in [-0.25, -0.2) is 8.42 Å². The number of para-hydroxylation sites is 1. The molecule has 10 heteroatoms. The van der Waals surface area contributed by atoms with Crippen LogP contribution < -0.4 is 9.62 Å². The van der Waals surface area contributed by atoms with E-state index in [1.165, 1.54) is 17.0 Å². The average Bonchev–Trinajstić information content (AvgIpc) is 3.02. The van der Waals surface area contributed by atoms with E-state index in [1.807, 2.05) is 44.2 Å². The number of hydrogen-bond acceptors (Lipinski definition) is 4. The lowest BCUT2D eigenvalue weighted by Gasteiger charge is -2.34. The van der Waals surface area contributed by atoms with Crippen molar-refractivity contribution < 1.29 is 18.0 Å². The summed E-state index contributed by atoms with van der Waals surface area (Å²) in [5.74, 6) is -0.951. The Bertz CT molecular complexity index is 1650. The Labute approximate surface area is 269 Å². The van der Waals surface area contributed by atoms with Crippen molar-refractivity contribution >= 4 is 50.7 Å². The number of hydrogen-bond donors (Lipinski definition) is 1. The molecule has 0 saturated heterocycles. The van der Waals surface area contributed by atoms with Crippen molar-refractivity contribution in [3.63, 3.8) is 0 Å². The number of halogens is 2. The van der Waals surface area contributed by atoms with Gasteiger partial charge in [-0.1, -0.05) is 102 Å². The molecule has 0 aliphatic heterocycles. The largest absolute Gasteiger partial charge is 0.354 e. The molecule has 7 nitrogen and oxygen atoms in total. The number of aryl methyl sites for hydroxylation is 1. The molecule has 1 atom stereocenters. The molecule has 0 spiro atoms. The van der Waals surface area contributed by atoms with Crippen molar-refractivity contribution in [2.75, 3.05) is 17.4 Å². The maximum Gasteiger partial charge on any atom is 0.264 e. The molecule has 0 aliphatic rings. The summed E-state index contributed by atoms with van der Waals surface area (Å²) < 4.78 is 29.2. The first-order chi connectivity index (χ1) is 21.1. The first kappa shape index (κ1) is 33.1. The molecule has 4 rings (SSSR count). The molecule has 230 valence electrons. The summed E-state index contributed by atoms with van der Waals surface area (Å²) in [4.78, 5) is 29.6. The van der Waals surface area contributed by atoms with Crippen LogP contribution in [-0.2, 0) is 32.6 Å². The SMILES string of the molecule is CCCNC(=O)[C@H](Cc1ccccc1)N(Cc1c(Cl)cccc1Cl)C(=O)CN(c1ccccc1)S(=O)(=O)c1ccc(C)cc1. The van der Waals surface area contributed by atoms with Crippen molar-refractivity contribution in [3.05, 3.63) is 130 Å². The quantitative estimate of drug-likeness (QED) is 0.175. The first-order valence-electron chi connectivity index (χ1n) is 14.3. The normalized spacial score (nSPS) is 11.9. The highest BCUT2D eigenvalue weighted by Crippen LogP contribution is 2.29. The van der Waals surface area contributed by atoms with E-state index in [4.69, 9.17) is 23.2 Å². The fraction of sp³-hybridized carbons (Fsp3) is 0.235. The van der Waals surface area contributed by atoms with Gasteiger partial charge in [0, 0.05) is 35.1 Å². The second-order valence-electron chi connectivity index (χ2n) is 10.4. The van der Waals surface area contributed by atoms with Crippen molar-refractivity contribution in [1.82, 2.24) is 10.2 Å². The van der Waals surface area contributed by atoms with E-state index in [2.05, 4.69) is 5.32 Å². The number of rotatable bonds is 13. The lowest BCUT2D eigenvalue weighted by Crippen LogP contribution is -2.53. The van der Waals surface area contributed by atoms with Gasteiger partial charge < -0.3 is 10.2 Å². The summed E-state index contributed by atoms with van der Waals surface area (Å²) in [5, 5.41) is 3.58. The van der Waals surface area contributed by atoms with E-state index >= 15 is 0 Å². The number of carbonyl (C=O) groups excluding carboxylic acids is 2. The van der Waals surface area contributed by atoms with Gasteiger partial charge in [0.25, 0.3) is 10.0 Å². The minimum atomic E-state index is -4.17. The summed E-state index contributed by atoms with van der Waals surface area (Å²) in [6.07, 6.45) is 0.894. The minimum absolute atomic E-state index is 0.0435. The summed E-state index contributed by atoms with van der Waals surface area (Å²) >= 11 is 13.1. The van der Waals surface area contributed by atoms with Crippen molar-refractivity contribution in [3.8, 4) is 0 Å². The molecule has 1 N–H and O–H groups in total. The molecule has 0 aromatic heterocycles. The van der Waals surface area contributed by atoms with Crippen LogP contribution in [0.3, 0.4) is 0 Å². The predicted molar refractivity (Wildman–Crippen MR) is 176 cm³/mol. The fourth-order valence-electron chi connectivity index (χ4n) is 4.73. The first-order valence-corrected chi connectivity index (χ1v) is 16.5.